The van der Waals surface area contributed by atoms with Gasteiger partial charge in [0.2, 0.25) is 0 Å². The lowest BCUT2D eigenvalue weighted by Gasteiger charge is -2.14. The molecule has 1 rings (SSSR count). The number of ether oxygens (including phenoxy) is 1. The molecule has 0 radical (unpaired) electrons. The number of hydrogen-bond donors (Lipinski definition) is 1. The van der Waals surface area contributed by atoms with Gasteiger partial charge in [0.05, 0.1) is 17.7 Å². The highest BCUT2D eigenvalue weighted by Crippen LogP contribution is 2.24. The summed E-state index contributed by atoms with van der Waals surface area (Å²) in [5.74, 6) is -1.51. The Morgan fingerprint density at radius 3 is 2.50 bits per heavy atom. The zero-order chi connectivity index (χ0) is 12.3. The van der Waals surface area contributed by atoms with Crippen LogP contribution in [0.1, 0.15) is 25.5 Å². The topological polar surface area (TPSA) is 29.5 Å². The second kappa shape index (κ2) is 5.57. The molecule has 1 aromatic rings. The Labute approximate surface area is 97.8 Å². The van der Waals surface area contributed by atoms with E-state index in [2.05, 4.69) is 0 Å². The molecule has 0 aliphatic carbocycles. The molecular formula is C11H13ClF2O2. The summed E-state index contributed by atoms with van der Waals surface area (Å²) in [5.41, 5.74) is -0.150. The molecule has 0 saturated heterocycles. The average Bonchev–Trinajstić information content (AvgIpc) is 2.20. The molecule has 1 atom stereocenters. The summed E-state index contributed by atoms with van der Waals surface area (Å²) in [7, 11) is 0. The van der Waals surface area contributed by atoms with Gasteiger partial charge < -0.3 is 9.84 Å². The van der Waals surface area contributed by atoms with Gasteiger partial charge in [0.1, 0.15) is 17.7 Å². The monoisotopic (exact) mass is 250 g/mol. The van der Waals surface area contributed by atoms with Crippen LogP contribution in [0.5, 0.6) is 0 Å². The van der Waals surface area contributed by atoms with Gasteiger partial charge in [-0.3, -0.25) is 0 Å². The number of halogens is 3. The molecule has 0 aliphatic heterocycles. The Balaban J connectivity index is 2.82. The van der Waals surface area contributed by atoms with E-state index < -0.39 is 17.7 Å². The standard InChI is InChI=1S/C11H13ClF2O2/c1-6(2)16-5-11(15)7-3-10(14)8(12)4-9(7)13/h3-4,6,11,15H,5H2,1-2H3. The molecule has 90 valence electrons. The number of aliphatic hydroxyl groups is 1. The first-order chi connectivity index (χ1) is 7.41. The second-order valence-corrected chi connectivity index (χ2v) is 4.09. The molecule has 5 heteroatoms. The normalized spacial score (nSPS) is 13.2. The van der Waals surface area contributed by atoms with Crippen LogP contribution in [-0.4, -0.2) is 17.8 Å². The zero-order valence-electron chi connectivity index (χ0n) is 9.01. The van der Waals surface area contributed by atoms with Gasteiger partial charge in [0.25, 0.3) is 0 Å². The van der Waals surface area contributed by atoms with E-state index in [0.717, 1.165) is 12.1 Å². The highest BCUT2D eigenvalue weighted by atomic mass is 35.5. The molecule has 0 aliphatic rings. The molecule has 2 nitrogen and oxygen atoms in total. The lowest BCUT2D eigenvalue weighted by molar-refractivity contribution is 0.00349. The van der Waals surface area contributed by atoms with E-state index in [9.17, 15) is 13.9 Å². The maximum atomic E-state index is 13.3. The Morgan fingerprint density at radius 2 is 1.94 bits per heavy atom. The van der Waals surface area contributed by atoms with E-state index in [4.69, 9.17) is 16.3 Å². The fourth-order valence-corrected chi connectivity index (χ4v) is 1.32. The molecule has 1 aromatic carbocycles. The van der Waals surface area contributed by atoms with E-state index >= 15 is 0 Å². The van der Waals surface area contributed by atoms with Gasteiger partial charge in [-0.1, -0.05) is 11.6 Å². The van der Waals surface area contributed by atoms with E-state index in [-0.39, 0.29) is 23.3 Å². The second-order valence-electron chi connectivity index (χ2n) is 3.69. The maximum Gasteiger partial charge on any atom is 0.142 e. The molecule has 0 heterocycles. The third kappa shape index (κ3) is 3.40. The van der Waals surface area contributed by atoms with Crippen molar-refractivity contribution in [3.05, 3.63) is 34.4 Å². The summed E-state index contributed by atoms with van der Waals surface area (Å²) in [5, 5.41) is 9.28. The van der Waals surface area contributed by atoms with Gasteiger partial charge >= 0.3 is 0 Å². The first-order valence-electron chi connectivity index (χ1n) is 4.86. The molecular weight excluding hydrogens is 238 g/mol. The van der Waals surface area contributed by atoms with Crippen molar-refractivity contribution in [1.29, 1.82) is 0 Å². The molecule has 0 spiro atoms. The molecule has 1 N–H and O–H groups in total. The molecule has 0 saturated carbocycles. The number of rotatable bonds is 4. The van der Waals surface area contributed by atoms with Crippen molar-refractivity contribution >= 4 is 11.6 Å². The summed E-state index contributed by atoms with van der Waals surface area (Å²) >= 11 is 5.39. The van der Waals surface area contributed by atoms with E-state index in [1.165, 1.54) is 0 Å². The van der Waals surface area contributed by atoms with E-state index in [1.807, 2.05) is 0 Å². The van der Waals surface area contributed by atoms with Crippen LogP contribution in [0.2, 0.25) is 5.02 Å². The van der Waals surface area contributed by atoms with Crippen LogP contribution in [0, 0.1) is 11.6 Å². The fourth-order valence-electron chi connectivity index (χ4n) is 1.17. The van der Waals surface area contributed by atoms with Crippen LogP contribution in [0.25, 0.3) is 0 Å². The summed E-state index contributed by atoms with van der Waals surface area (Å²) in [6, 6.07) is 1.72. The summed E-state index contributed by atoms with van der Waals surface area (Å²) in [6.45, 7) is 3.48. The highest BCUT2D eigenvalue weighted by Gasteiger charge is 2.16. The largest absolute Gasteiger partial charge is 0.386 e. The van der Waals surface area contributed by atoms with Crippen molar-refractivity contribution in [2.75, 3.05) is 6.61 Å². The first-order valence-corrected chi connectivity index (χ1v) is 5.23. The van der Waals surface area contributed by atoms with Crippen molar-refractivity contribution in [2.45, 2.75) is 26.1 Å². The van der Waals surface area contributed by atoms with Crippen molar-refractivity contribution in [3.8, 4) is 0 Å². The molecule has 0 bridgehead atoms. The van der Waals surface area contributed by atoms with Gasteiger partial charge in [0, 0.05) is 5.56 Å². The van der Waals surface area contributed by atoms with Crippen LogP contribution in [0.3, 0.4) is 0 Å². The minimum absolute atomic E-state index is 0.0876. The summed E-state index contributed by atoms with van der Waals surface area (Å²) < 4.78 is 31.5. The third-order valence-corrected chi connectivity index (χ3v) is 2.28. The fraction of sp³-hybridized carbons (Fsp3) is 0.455. The van der Waals surface area contributed by atoms with E-state index in [0.29, 0.717) is 0 Å². The smallest absolute Gasteiger partial charge is 0.142 e. The van der Waals surface area contributed by atoms with Crippen LogP contribution in [0.15, 0.2) is 12.1 Å². The third-order valence-electron chi connectivity index (χ3n) is 1.99. The number of aliphatic hydroxyl groups excluding tert-OH is 1. The van der Waals surface area contributed by atoms with Crippen molar-refractivity contribution in [3.63, 3.8) is 0 Å². The minimum atomic E-state index is -1.20. The quantitative estimate of drug-likeness (QED) is 0.833. The number of hydrogen-bond acceptors (Lipinski definition) is 2. The predicted octanol–water partition coefficient (Wildman–Crippen LogP) is 3.08. The van der Waals surface area contributed by atoms with Crippen LogP contribution in [0.4, 0.5) is 8.78 Å². The van der Waals surface area contributed by atoms with Crippen LogP contribution >= 0.6 is 11.6 Å². The maximum absolute atomic E-state index is 13.3. The number of benzene rings is 1. The zero-order valence-corrected chi connectivity index (χ0v) is 9.76. The van der Waals surface area contributed by atoms with Gasteiger partial charge in [-0.25, -0.2) is 8.78 Å². The molecule has 1 unspecified atom stereocenters. The molecule has 0 fully saturated rings. The Hall–Kier alpha value is -0.710. The predicted molar refractivity (Wildman–Crippen MR) is 57.4 cm³/mol. The van der Waals surface area contributed by atoms with Gasteiger partial charge in [-0.05, 0) is 26.0 Å². The van der Waals surface area contributed by atoms with Gasteiger partial charge in [0.15, 0.2) is 0 Å². The summed E-state index contributed by atoms with van der Waals surface area (Å²) in [4.78, 5) is 0. The van der Waals surface area contributed by atoms with E-state index in [1.54, 1.807) is 13.8 Å². The lowest BCUT2D eigenvalue weighted by atomic mass is 10.1. The van der Waals surface area contributed by atoms with Crippen molar-refractivity contribution < 1.29 is 18.6 Å². The minimum Gasteiger partial charge on any atom is -0.386 e. The Morgan fingerprint density at radius 1 is 1.31 bits per heavy atom. The first kappa shape index (κ1) is 13.4. The Kier molecular flexibility index (Phi) is 4.65. The van der Waals surface area contributed by atoms with Crippen molar-refractivity contribution in [1.82, 2.24) is 0 Å². The SMILES string of the molecule is CC(C)OCC(O)c1cc(F)c(Cl)cc1F. The van der Waals surface area contributed by atoms with Crippen molar-refractivity contribution in [2.24, 2.45) is 0 Å². The lowest BCUT2D eigenvalue weighted by Crippen LogP contribution is -2.13. The summed E-state index contributed by atoms with van der Waals surface area (Å²) in [6.07, 6.45) is -1.29. The molecule has 0 aromatic heterocycles. The van der Waals surface area contributed by atoms with Crippen LogP contribution < -0.4 is 0 Å². The highest BCUT2D eigenvalue weighted by molar-refractivity contribution is 6.30. The molecule has 16 heavy (non-hydrogen) atoms. The van der Waals surface area contributed by atoms with Gasteiger partial charge in [-0.2, -0.15) is 0 Å². The average molecular weight is 251 g/mol. The van der Waals surface area contributed by atoms with Crippen LogP contribution in [-0.2, 0) is 4.74 Å². The van der Waals surface area contributed by atoms with Gasteiger partial charge in [-0.15, -0.1) is 0 Å². The Bertz CT molecular complexity index is 369. The molecule has 0 amide bonds.